The van der Waals surface area contributed by atoms with Crippen LogP contribution in [0.25, 0.3) is 0 Å². The molecule has 20 heavy (non-hydrogen) atoms. The molecule has 0 atom stereocenters. The SMILES string of the molecule is COc1ccccc1C1=[N+]([O-])c2cccc(C)c2C1=O. The Kier molecular flexibility index (Phi) is 2.79. The normalized spacial score (nSPS) is 13.6. The van der Waals surface area contributed by atoms with Gasteiger partial charge in [0.2, 0.25) is 5.69 Å². The fourth-order valence-corrected chi connectivity index (χ4v) is 2.52. The number of aryl methyl sites for hydroxylation is 1. The first kappa shape index (κ1) is 12.4. The number of nitrogens with zero attached hydrogens (tertiary/aromatic N) is 1. The summed E-state index contributed by atoms with van der Waals surface area (Å²) in [7, 11) is 1.52. The Morgan fingerprint density at radius 3 is 2.55 bits per heavy atom. The summed E-state index contributed by atoms with van der Waals surface area (Å²) >= 11 is 0. The van der Waals surface area contributed by atoms with Crippen molar-refractivity contribution in [2.75, 3.05) is 7.11 Å². The molecule has 0 bridgehead atoms. The fourth-order valence-electron chi connectivity index (χ4n) is 2.52. The first-order valence-electron chi connectivity index (χ1n) is 6.27. The average molecular weight is 267 g/mol. The average Bonchev–Trinajstić information content (AvgIpc) is 2.72. The zero-order valence-corrected chi connectivity index (χ0v) is 11.2. The molecule has 0 saturated carbocycles. The summed E-state index contributed by atoms with van der Waals surface area (Å²) in [6.45, 7) is 1.83. The summed E-state index contributed by atoms with van der Waals surface area (Å²) in [4.78, 5) is 12.6. The predicted octanol–water partition coefficient (Wildman–Crippen LogP) is 2.83. The molecule has 0 unspecified atom stereocenters. The summed E-state index contributed by atoms with van der Waals surface area (Å²) in [5.41, 5.74) is 2.31. The number of carbonyl (C=O) groups excluding carboxylic acids is 1. The molecular formula is C16H13NO3. The topological polar surface area (TPSA) is 52.4 Å². The van der Waals surface area contributed by atoms with Gasteiger partial charge in [0.1, 0.15) is 11.3 Å². The Morgan fingerprint density at radius 1 is 1.10 bits per heavy atom. The molecule has 4 nitrogen and oxygen atoms in total. The van der Waals surface area contributed by atoms with Gasteiger partial charge in [-0.3, -0.25) is 4.79 Å². The van der Waals surface area contributed by atoms with E-state index in [2.05, 4.69) is 0 Å². The maximum Gasteiger partial charge on any atom is 0.276 e. The summed E-state index contributed by atoms with van der Waals surface area (Å²) in [6.07, 6.45) is 0. The number of hydrogen-bond acceptors (Lipinski definition) is 3. The number of methoxy groups -OCH3 is 1. The maximum atomic E-state index is 12.6. The highest BCUT2D eigenvalue weighted by atomic mass is 16.5. The van der Waals surface area contributed by atoms with Crippen LogP contribution in [-0.2, 0) is 0 Å². The van der Waals surface area contributed by atoms with Crippen LogP contribution in [0.3, 0.4) is 0 Å². The van der Waals surface area contributed by atoms with E-state index in [1.165, 1.54) is 7.11 Å². The van der Waals surface area contributed by atoms with Crippen molar-refractivity contribution in [1.29, 1.82) is 0 Å². The van der Waals surface area contributed by atoms with E-state index < -0.39 is 0 Å². The minimum atomic E-state index is -0.252. The third kappa shape index (κ3) is 1.61. The fraction of sp³-hybridized carbons (Fsp3) is 0.125. The number of carbonyl (C=O) groups is 1. The van der Waals surface area contributed by atoms with E-state index in [0.717, 1.165) is 5.56 Å². The van der Waals surface area contributed by atoms with Crippen LogP contribution in [-0.4, -0.2) is 23.3 Å². The number of benzene rings is 2. The summed E-state index contributed by atoms with van der Waals surface area (Å²) < 4.78 is 5.94. The first-order valence-corrected chi connectivity index (χ1v) is 6.27. The number of ether oxygens (including phenoxy) is 1. The van der Waals surface area contributed by atoms with Gasteiger partial charge in [-0.05, 0) is 24.6 Å². The van der Waals surface area contributed by atoms with Crippen LogP contribution in [0.1, 0.15) is 21.5 Å². The van der Waals surface area contributed by atoms with E-state index in [4.69, 9.17) is 4.74 Å². The van der Waals surface area contributed by atoms with Crippen molar-refractivity contribution in [3.05, 3.63) is 64.4 Å². The molecule has 4 heteroatoms. The Morgan fingerprint density at radius 2 is 1.85 bits per heavy atom. The van der Waals surface area contributed by atoms with Gasteiger partial charge >= 0.3 is 0 Å². The lowest BCUT2D eigenvalue weighted by Crippen LogP contribution is -2.17. The minimum Gasteiger partial charge on any atom is -0.618 e. The molecule has 0 N–H and O–H groups in total. The van der Waals surface area contributed by atoms with Crippen LogP contribution in [0.5, 0.6) is 5.75 Å². The molecule has 0 aliphatic carbocycles. The molecule has 1 aliphatic rings. The summed E-state index contributed by atoms with van der Waals surface area (Å²) in [5.74, 6) is 0.264. The molecule has 1 aliphatic heterocycles. The van der Waals surface area contributed by atoms with Crippen LogP contribution in [0.4, 0.5) is 5.69 Å². The van der Waals surface area contributed by atoms with Gasteiger partial charge < -0.3 is 9.94 Å². The molecule has 0 radical (unpaired) electrons. The molecule has 100 valence electrons. The molecule has 0 spiro atoms. The second kappa shape index (κ2) is 4.49. The largest absolute Gasteiger partial charge is 0.618 e. The smallest absolute Gasteiger partial charge is 0.276 e. The third-order valence-electron chi connectivity index (χ3n) is 3.48. The van der Waals surface area contributed by atoms with Crippen molar-refractivity contribution in [3.63, 3.8) is 0 Å². The minimum absolute atomic E-state index is 0.117. The summed E-state index contributed by atoms with van der Waals surface area (Å²) in [6, 6.07) is 12.3. The van der Waals surface area contributed by atoms with Gasteiger partial charge in [0.25, 0.3) is 11.5 Å². The van der Waals surface area contributed by atoms with E-state index in [0.29, 0.717) is 27.3 Å². The lowest BCUT2D eigenvalue weighted by atomic mass is 9.99. The molecule has 0 aromatic heterocycles. The van der Waals surface area contributed by atoms with Gasteiger partial charge in [-0.25, -0.2) is 0 Å². The molecule has 0 fully saturated rings. The van der Waals surface area contributed by atoms with Gasteiger partial charge in [-0.2, -0.15) is 4.74 Å². The first-order chi connectivity index (χ1) is 9.65. The van der Waals surface area contributed by atoms with E-state index in [-0.39, 0.29) is 11.5 Å². The van der Waals surface area contributed by atoms with E-state index in [1.54, 1.807) is 36.4 Å². The number of para-hydroxylation sites is 1. The lowest BCUT2D eigenvalue weighted by Gasteiger charge is -2.06. The zero-order valence-electron chi connectivity index (χ0n) is 11.2. The van der Waals surface area contributed by atoms with Crippen molar-refractivity contribution in [2.45, 2.75) is 6.92 Å². The molecule has 0 amide bonds. The molecule has 1 heterocycles. The van der Waals surface area contributed by atoms with Gasteiger partial charge in [0.05, 0.1) is 12.7 Å². The highest BCUT2D eigenvalue weighted by Crippen LogP contribution is 2.32. The van der Waals surface area contributed by atoms with Crippen molar-refractivity contribution in [1.82, 2.24) is 0 Å². The zero-order chi connectivity index (χ0) is 14.3. The van der Waals surface area contributed by atoms with Crippen LogP contribution >= 0.6 is 0 Å². The molecule has 2 aromatic rings. The number of rotatable bonds is 2. The van der Waals surface area contributed by atoms with E-state index in [1.807, 2.05) is 13.0 Å². The standard InChI is InChI=1S/C16H13NO3/c1-10-6-5-8-12-14(10)16(18)15(17(12)19)11-7-3-4-9-13(11)20-2/h3-9H,1-2H3. The second-order valence-corrected chi connectivity index (χ2v) is 4.64. The van der Waals surface area contributed by atoms with E-state index >= 15 is 0 Å². The van der Waals surface area contributed by atoms with Gasteiger partial charge in [-0.1, -0.05) is 24.3 Å². The highest BCUT2D eigenvalue weighted by molar-refractivity contribution is 6.52. The van der Waals surface area contributed by atoms with Crippen LogP contribution < -0.4 is 4.74 Å². The number of ketones is 1. The van der Waals surface area contributed by atoms with E-state index in [9.17, 15) is 10.0 Å². The van der Waals surface area contributed by atoms with Gasteiger partial charge in [-0.15, -0.1) is 0 Å². The predicted molar refractivity (Wildman–Crippen MR) is 75.9 cm³/mol. The monoisotopic (exact) mass is 267 g/mol. The highest BCUT2D eigenvalue weighted by Gasteiger charge is 2.38. The number of fused-ring (bicyclic) bond motifs is 1. The molecule has 3 rings (SSSR count). The number of Topliss-reactive ketones (excluding diaryl/α,β-unsaturated/α-hetero) is 1. The quantitative estimate of drug-likeness (QED) is 0.621. The second-order valence-electron chi connectivity index (χ2n) is 4.64. The maximum absolute atomic E-state index is 12.6. The van der Waals surface area contributed by atoms with Crippen LogP contribution in [0.2, 0.25) is 0 Å². The lowest BCUT2D eigenvalue weighted by molar-refractivity contribution is -0.355. The Balaban J connectivity index is 2.25. The van der Waals surface area contributed by atoms with Crippen molar-refractivity contribution >= 4 is 17.2 Å². The Bertz CT molecular complexity index is 747. The van der Waals surface area contributed by atoms with Crippen molar-refractivity contribution in [2.24, 2.45) is 0 Å². The van der Waals surface area contributed by atoms with Crippen molar-refractivity contribution in [3.8, 4) is 5.75 Å². The van der Waals surface area contributed by atoms with Crippen LogP contribution in [0, 0.1) is 12.1 Å². The third-order valence-corrected chi connectivity index (χ3v) is 3.48. The molecular weight excluding hydrogens is 254 g/mol. The van der Waals surface area contributed by atoms with Gasteiger partial charge in [0.15, 0.2) is 0 Å². The van der Waals surface area contributed by atoms with Crippen molar-refractivity contribution < 1.29 is 14.3 Å². The Labute approximate surface area is 116 Å². The van der Waals surface area contributed by atoms with Gasteiger partial charge in [0, 0.05) is 6.07 Å². The molecule has 0 saturated heterocycles. The number of hydrogen-bond donors (Lipinski definition) is 0. The summed E-state index contributed by atoms with van der Waals surface area (Å²) in [5, 5.41) is 12.4. The molecule has 2 aromatic carbocycles. The Hall–Kier alpha value is -2.62. The van der Waals surface area contributed by atoms with Crippen LogP contribution in [0.15, 0.2) is 42.5 Å².